The van der Waals surface area contributed by atoms with Crippen molar-refractivity contribution < 1.29 is 24.2 Å². The van der Waals surface area contributed by atoms with Crippen molar-refractivity contribution >= 4 is 29.5 Å². The van der Waals surface area contributed by atoms with Crippen molar-refractivity contribution in [2.24, 2.45) is 23.7 Å². The molecule has 0 radical (unpaired) electrons. The van der Waals surface area contributed by atoms with Crippen LogP contribution in [0.4, 0.5) is 0 Å². The van der Waals surface area contributed by atoms with Crippen molar-refractivity contribution in [3.8, 4) is 0 Å². The van der Waals surface area contributed by atoms with Gasteiger partial charge in [-0.1, -0.05) is 39.5 Å². The SMILES string of the molecule is C=CCOC(=O)[C@@H]1[C@@H]2CC(C)C3(S2)C(C(=O)N(CC=C)C(C)C)N([C@@H](CO)CC(C)C)C(=O)[C@H]13. The summed E-state index contributed by atoms with van der Waals surface area (Å²) in [4.78, 5) is 44.9. The summed E-state index contributed by atoms with van der Waals surface area (Å²) in [5, 5.41) is 10.3. The highest BCUT2D eigenvalue weighted by atomic mass is 32.2. The first-order chi connectivity index (χ1) is 16.1. The molecule has 8 heteroatoms. The highest BCUT2D eigenvalue weighted by molar-refractivity contribution is 8.02. The lowest BCUT2D eigenvalue weighted by atomic mass is 9.66. The standard InChI is InChI=1S/C26H40N2O5S/c1-8-10-27(16(5)6)24(31)22-26-17(7)13-19(34-26)20(25(32)33-11-9-2)21(26)23(30)28(22)18(14-29)12-15(3)4/h8-9,15-22,29H,1-2,10-14H2,3-7H3/t17?,18-,19+,20-,21+,22?,26?/m1/s1. The number of aliphatic hydroxyl groups is 1. The molecule has 0 aromatic heterocycles. The molecule has 0 saturated carbocycles. The largest absolute Gasteiger partial charge is 0.461 e. The lowest BCUT2D eigenvalue weighted by Crippen LogP contribution is -2.60. The smallest absolute Gasteiger partial charge is 0.311 e. The van der Waals surface area contributed by atoms with Crippen LogP contribution in [0.2, 0.25) is 0 Å². The van der Waals surface area contributed by atoms with Crippen LogP contribution in [-0.2, 0) is 19.1 Å². The average molecular weight is 493 g/mol. The highest BCUT2D eigenvalue weighted by Gasteiger charge is 2.77. The summed E-state index contributed by atoms with van der Waals surface area (Å²) in [6.45, 7) is 17.7. The first-order valence-electron chi connectivity index (χ1n) is 12.4. The third-order valence-electron chi connectivity index (χ3n) is 7.61. The molecule has 0 aromatic rings. The van der Waals surface area contributed by atoms with Crippen LogP contribution < -0.4 is 0 Å². The number of fused-ring (bicyclic) bond motifs is 1. The zero-order valence-corrected chi connectivity index (χ0v) is 21.9. The van der Waals surface area contributed by atoms with Crippen LogP contribution in [0, 0.1) is 23.7 Å². The van der Waals surface area contributed by atoms with Crippen molar-refractivity contribution in [3.63, 3.8) is 0 Å². The van der Waals surface area contributed by atoms with Gasteiger partial charge < -0.3 is 19.6 Å². The zero-order chi connectivity index (χ0) is 25.4. The number of esters is 1. The lowest BCUT2D eigenvalue weighted by Gasteiger charge is -2.43. The Balaban J connectivity index is 2.14. The molecule has 190 valence electrons. The first kappa shape index (κ1) is 26.8. The summed E-state index contributed by atoms with van der Waals surface area (Å²) in [7, 11) is 0. The number of rotatable bonds is 11. The summed E-state index contributed by atoms with van der Waals surface area (Å²) in [5.74, 6) is -1.68. The molecule has 3 fully saturated rings. The van der Waals surface area contributed by atoms with Gasteiger partial charge in [0, 0.05) is 17.8 Å². The molecule has 1 N–H and O–H groups in total. The van der Waals surface area contributed by atoms with Crippen molar-refractivity contribution in [2.45, 2.75) is 75.6 Å². The van der Waals surface area contributed by atoms with Gasteiger partial charge in [0.05, 0.1) is 29.2 Å². The van der Waals surface area contributed by atoms with E-state index in [1.165, 1.54) is 6.08 Å². The number of hydrogen-bond donors (Lipinski definition) is 1. The number of ether oxygens (including phenoxy) is 1. The molecule has 3 aliphatic rings. The van der Waals surface area contributed by atoms with E-state index in [9.17, 15) is 19.5 Å². The van der Waals surface area contributed by atoms with E-state index < -0.39 is 34.6 Å². The molecule has 3 heterocycles. The van der Waals surface area contributed by atoms with Crippen LogP contribution in [-0.4, -0.2) is 80.6 Å². The van der Waals surface area contributed by atoms with E-state index in [1.54, 1.807) is 27.6 Å². The molecule has 3 rings (SSSR count). The molecule has 1 spiro atoms. The number of likely N-dealkylation sites (tertiary alicyclic amines) is 1. The quantitative estimate of drug-likeness (QED) is 0.353. The summed E-state index contributed by atoms with van der Waals surface area (Å²) >= 11 is 1.62. The summed E-state index contributed by atoms with van der Waals surface area (Å²) in [6.07, 6.45) is 4.54. The number of amides is 2. The summed E-state index contributed by atoms with van der Waals surface area (Å²) < 4.78 is 4.70. The Morgan fingerprint density at radius 2 is 1.97 bits per heavy atom. The van der Waals surface area contributed by atoms with Crippen LogP contribution in [0.3, 0.4) is 0 Å². The fourth-order valence-electron chi connectivity index (χ4n) is 6.31. The van der Waals surface area contributed by atoms with Gasteiger partial charge in [-0.3, -0.25) is 14.4 Å². The number of aliphatic hydroxyl groups excluding tert-OH is 1. The Labute approximate surface area is 208 Å². The molecule has 0 aromatic carbocycles. The zero-order valence-electron chi connectivity index (χ0n) is 21.1. The van der Waals surface area contributed by atoms with Crippen LogP contribution in [0.15, 0.2) is 25.3 Å². The van der Waals surface area contributed by atoms with Crippen LogP contribution in [0.1, 0.15) is 47.5 Å². The minimum atomic E-state index is -0.745. The minimum Gasteiger partial charge on any atom is -0.461 e. The van der Waals surface area contributed by atoms with Crippen molar-refractivity contribution in [3.05, 3.63) is 25.3 Å². The van der Waals surface area contributed by atoms with Crippen LogP contribution in [0.5, 0.6) is 0 Å². The topological polar surface area (TPSA) is 87.2 Å². The van der Waals surface area contributed by atoms with Crippen LogP contribution >= 0.6 is 11.8 Å². The average Bonchev–Trinajstić information content (AvgIpc) is 3.37. The summed E-state index contributed by atoms with van der Waals surface area (Å²) in [5.41, 5.74) is 0. The number of hydrogen-bond acceptors (Lipinski definition) is 6. The Hall–Kier alpha value is -1.80. The predicted molar refractivity (Wildman–Crippen MR) is 134 cm³/mol. The maximum atomic E-state index is 14.2. The molecule has 3 saturated heterocycles. The predicted octanol–water partition coefficient (Wildman–Crippen LogP) is 2.88. The molecular formula is C26H40N2O5S. The maximum Gasteiger partial charge on any atom is 0.311 e. The first-order valence-corrected chi connectivity index (χ1v) is 13.2. The van der Waals surface area contributed by atoms with Gasteiger partial charge >= 0.3 is 5.97 Å². The maximum absolute atomic E-state index is 14.2. The normalized spacial score (nSPS) is 32.8. The van der Waals surface area contributed by atoms with Crippen LogP contribution in [0.25, 0.3) is 0 Å². The minimum absolute atomic E-state index is 0.0648. The number of carbonyl (C=O) groups excluding carboxylic acids is 3. The van der Waals surface area contributed by atoms with Crippen molar-refractivity contribution in [1.29, 1.82) is 0 Å². The van der Waals surface area contributed by atoms with E-state index >= 15 is 0 Å². The van der Waals surface area contributed by atoms with Gasteiger partial charge in [-0.25, -0.2) is 0 Å². The fourth-order valence-corrected chi connectivity index (χ4v) is 8.70. The molecular weight excluding hydrogens is 452 g/mol. The van der Waals surface area contributed by atoms with E-state index in [2.05, 4.69) is 20.1 Å². The molecule has 0 aliphatic carbocycles. The second-order valence-corrected chi connectivity index (χ2v) is 12.1. The van der Waals surface area contributed by atoms with Crippen molar-refractivity contribution in [1.82, 2.24) is 9.80 Å². The fraction of sp³-hybridized carbons (Fsp3) is 0.731. The molecule has 34 heavy (non-hydrogen) atoms. The van der Waals surface area contributed by atoms with Gasteiger partial charge in [0.25, 0.3) is 0 Å². The van der Waals surface area contributed by atoms with Gasteiger partial charge in [-0.2, -0.15) is 0 Å². The molecule has 7 nitrogen and oxygen atoms in total. The number of carbonyl (C=O) groups is 3. The second kappa shape index (κ2) is 10.4. The van der Waals surface area contributed by atoms with Gasteiger partial charge in [0.2, 0.25) is 11.8 Å². The number of nitrogens with zero attached hydrogens (tertiary/aromatic N) is 2. The highest BCUT2D eigenvalue weighted by Crippen LogP contribution is 2.69. The molecule has 2 bridgehead atoms. The Kier molecular flexibility index (Phi) is 8.23. The Morgan fingerprint density at radius 1 is 1.29 bits per heavy atom. The third kappa shape index (κ3) is 4.21. The second-order valence-electron chi connectivity index (χ2n) is 10.6. The van der Waals surface area contributed by atoms with Gasteiger partial charge in [0.15, 0.2) is 0 Å². The van der Waals surface area contributed by atoms with E-state index in [-0.39, 0.29) is 48.2 Å². The Morgan fingerprint density at radius 3 is 2.50 bits per heavy atom. The molecule has 7 atom stereocenters. The van der Waals surface area contributed by atoms with Gasteiger partial charge in [-0.15, -0.1) is 18.3 Å². The lowest BCUT2D eigenvalue weighted by molar-refractivity contribution is -0.154. The van der Waals surface area contributed by atoms with E-state index in [1.807, 2.05) is 27.7 Å². The third-order valence-corrected chi connectivity index (χ3v) is 9.69. The summed E-state index contributed by atoms with van der Waals surface area (Å²) in [6, 6.07) is -1.32. The van der Waals surface area contributed by atoms with E-state index in [0.717, 1.165) is 6.42 Å². The molecule has 3 aliphatic heterocycles. The molecule has 3 unspecified atom stereocenters. The number of thioether (sulfide) groups is 1. The van der Waals surface area contributed by atoms with E-state index in [4.69, 9.17) is 4.74 Å². The monoisotopic (exact) mass is 492 g/mol. The van der Waals surface area contributed by atoms with Crippen molar-refractivity contribution in [2.75, 3.05) is 19.8 Å². The Bertz CT molecular complexity index is 830. The van der Waals surface area contributed by atoms with Gasteiger partial charge in [0.1, 0.15) is 12.6 Å². The van der Waals surface area contributed by atoms with Gasteiger partial charge in [-0.05, 0) is 38.5 Å². The van der Waals surface area contributed by atoms with E-state index in [0.29, 0.717) is 13.0 Å². The molecule has 2 amide bonds.